The van der Waals surface area contributed by atoms with E-state index in [1.54, 1.807) is 11.7 Å². The summed E-state index contributed by atoms with van der Waals surface area (Å²) in [4.78, 5) is 11.9. The van der Waals surface area contributed by atoms with Crippen molar-refractivity contribution in [3.8, 4) is 0 Å². The van der Waals surface area contributed by atoms with E-state index in [2.05, 4.69) is 5.10 Å². The summed E-state index contributed by atoms with van der Waals surface area (Å²) in [5.41, 5.74) is 3.47. The molecule has 0 radical (unpaired) electrons. The molecule has 2 rings (SSSR count). The number of hydrogen-bond acceptors (Lipinski definition) is 3. The van der Waals surface area contributed by atoms with Crippen molar-refractivity contribution in [3.05, 3.63) is 52.8 Å². The van der Waals surface area contributed by atoms with E-state index in [1.807, 2.05) is 38.1 Å². The topological polar surface area (TPSA) is 44.1 Å². The quantitative estimate of drug-likeness (QED) is 0.779. The molecule has 1 aromatic heterocycles. The second-order valence-corrected chi connectivity index (χ2v) is 4.27. The van der Waals surface area contributed by atoms with Gasteiger partial charge in [0.05, 0.1) is 6.20 Å². The molecule has 2 aromatic rings. The standard InChI is InChI=1S/C14H16N2O2/c1-10-6-4-5-7-12(10)9-18-14(17)13-8-15-16(3)11(13)2/h4-8H,9H2,1-3H3. The molecule has 1 heterocycles. The highest BCUT2D eigenvalue weighted by atomic mass is 16.5. The second-order valence-electron chi connectivity index (χ2n) is 4.27. The molecule has 0 fully saturated rings. The molecule has 4 nitrogen and oxygen atoms in total. The van der Waals surface area contributed by atoms with E-state index in [-0.39, 0.29) is 5.97 Å². The fourth-order valence-corrected chi connectivity index (χ4v) is 1.69. The van der Waals surface area contributed by atoms with Gasteiger partial charge in [0.2, 0.25) is 0 Å². The van der Waals surface area contributed by atoms with Crippen LogP contribution in [0.15, 0.2) is 30.5 Å². The number of nitrogens with zero attached hydrogens (tertiary/aromatic N) is 2. The molecule has 4 heteroatoms. The molecular weight excluding hydrogens is 228 g/mol. The van der Waals surface area contributed by atoms with E-state index >= 15 is 0 Å². The molecular formula is C14H16N2O2. The summed E-state index contributed by atoms with van der Waals surface area (Å²) >= 11 is 0. The van der Waals surface area contributed by atoms with Crippen LogP contribution in [0, 0.1) is 13.8 Å². The minimum absolute atomic E-state index is 0.292. The van der Waals surface area contributed by atoms with Crippen molar-refractivity contribution in [2.75, 3.05) is 0 Å². The van der Waals surface area contributed by atoms with Crippen molar-refractivity contribution >= 4 is 5.97 Å². The van der Waals surface area contributed by atoms with Gasteiger partial charge in [-0.1, -0.05) is 24.3 Å². The van der Waals surface area contributed by atoms with Crippen molar-refractivity contribution in [1.29, 1.82) is 0 Å². The first-order valence-electron chi connectivity index (χ1n) is 5.80. The summed E-state index contributed by atoms with van der Waals surface area (Å²) in [5.74, 6) is -0.330. The van der Waals surface area contributed by atoms with Crippen LogP contribution in [-0.2, 0) is 18.4 Å². The predicted octanol–water partition coefficient (Wildman–Crippen LogP) is 2.39. The molecule has 0 atom stereocenters. The van der Waals surface area contributed by atoms with Crippen LogP contribution in [-0.4, -0.2) is 15.7 Å². The maximum Gasteiger partial charge on any atom is 0.341 e. The summed E-state index contributed by atoms with van der Waals surface area (Å²) in [5, 5.41) is 4.03. The minimum Gasteiger partial charge on any atom is -0.457 e. The number of carbonyl (C=O) groups excluding carboxylic acids is 1. The fourth-order valence-electron chi connectivity index (χ4n) is 1.69. The zero-order chi connectivity index (χ0) is 13.1. The van der Waals surface area contributed by atoms with Gasteiger partial charge in [-0.3, -0.25) is 4.68 Å². The average Bonchev–Trinajstić information content (AvgIpc) is 2.69. The third-order valence-corrected chi connectivity index (χ3v) is 3.08. The SMILES string of the molecule is Cc1ccccc1COC(=O)c1cnn(C)c1C. The number of aryl methyl sites for hydroxylation is 2. The van der Waals surface area contributed by atoms with E-state index < -0.39 is 0 Å². The van der Waals surface area contributed by atoms with E-state index in [0.717, 1.165) is 16.8 Å². The number of aromatic nitrogens is 2. The molecule has 0 aliphatic heterocycles. The highest BCUT2D eigenvalue weighted by Gasteiger charge is 2.14. The summed E-state index contributed by atoms with van der Waals surface area (Å²) in [7, 11) is 1.80. The van der Waals surface area contributed by atoms with Gasteiger partial charge in [0.15, 0.2) is 0 Å². The van der Waals surface area contributed by atoms with Crippen LogP contribution < -0.4 is 0 Å². The summed E-state index contributed by atoms with van der Waals surface area (Å²) in [6, 6.07) is 7.86. The summed E-state index contributed by atoms with van der Waals surface area (Å²) in [6.07, 6.45) is 1.54. The number of benzene rings is 1. The lowest BCUT2D eigenvalue weighted by atomic mass is 10.1. The second kappa shape index (κ2) is 5.04. The van der Waals surface area contributed by atoms with Crippen LogP contribution in [0.25, 0.3) is 0 Å². The number of rotatable bonds is 3. The maximum atomic E-state index is 11.9. The molecule has 18 heavy (non-hydrogen) atoms. The zero-order valence-electron chi connectivity index (χ0n) is 10.8. The van der Waals surface area contributed by atoms with Crippen molar-refractivity contribution < 1.29 is 9.53 Å². The molecule has 94 valence electrons. The first kappa shape index (κ1) is 12.4. The number of hydrogen-bond donors (Lipinski definition) is 0. The minimum atomic E-state index is -0.330. The van der Waals surface area contributed by atoms with Gasteiger partial charge in [0.25, 0.3) is 0 Å². The van der Waals surface area contributed by atoms with Gasteiger partial charge in [0.1, 0.15) is 12.2 Å². The van der Waals surface area contributed by atoms with Gasteiger partial charge < -0.3 is 4.74 Å². The lowest BCUT2D eigenvalue weighted by Gasteiger charge is -2.07. The predicted molar refractivity (Wildman–Crippen MR) is 68.2 cm³/mol. The largest absolute Gasteiger partial charge is 0.457 e. The molecule has 0 unspecified atom stereocenters. The van der Waals surface area contributed by atoms with E-state index in [9.17, 15) is 4.79 Å². The van der Waals surface area contributed by atoms with Crippen LogP contribution in [0.4, 0.5) is 0 Å². The van der Waals surface area contributed by atoms with Gasteiger partial charge >= 0.3 is 5.97 Å². The van der Waals surface area contributed by atoms with Gasteiger partial charge in [-0.15, -0.1) is 0 Å². The van der Waals surface area contributed by atoms with Crippen molar-refractivity contribution in [1.82, 2.24) is 9.78 Å². The smallest absolute Gasteiger partial charge is 0.341 e. The monoisotopic (exact) mass is 244 g/mol. The Morgan fingerprint density at radius 3 is 2.67 bits per heavy atom. The molecule has 0 N–H and O–H groups in total. The molecule has 1 aromatic carbocycles. The third-order valence-electron chi connectivity index (χ3n) is 3.08. The van der Waals surface area contributed by atoms with Crippen LogP contribution in [0.2, 0.25) is 0 Å². The Morgan fingerprint density at radius 2 is 2.06 bits per heavy atom. The van der Waals surface area contributed by atoms with Crippen molar-refractivity contribution in [3.63, 3.8) is 0 Å². The fraction of sp³-hybridized carbons (Fsp3) is 0.286. The number of carbonyl (C=O) groups is 1. The normalized spacial score (nSPS) is 10.4. The van der Waals surface area contributed by atoms with E-state index in [4.69, 9.17) is 4.74 Å². The van der Waals surface area contributed by atoms with Gasteiger partial charge in [0, 0.05) is 12.7 Å². The lowest BCUT2D eigenvalue weighted by Crippen LogP contribution is -2.07. The Balaban J connectivity index is 2.05. The molecule has 0 saturated heterocycles. The Bertz CT molecular complexity index is 573. The molecule has 0 saturated carbocycles. The van der Waals surface area contributed by atoms with E-state index in [1.165, 1.54) is 6.20 Å². The Hall–Kier alpha value is -2.10. The number of ether oxygens (including phenoxy) is 1. The van der Waals surface area contributed by atoms with Crippen molar-refractivity contribution in [2.45, 2.75) is 20.5 Å². The van der Waals surface area contributed by atoms with Crippen LogP contribution in [0.1, 0.15) is 27.2 Å². The Morgan fingerprint density at radius 1 is 1.33 bits per heavy atom. The molecule has 0 aliphatic carbocycles. The molecule has 0 aliphatic rings. The van der Waals surface area contributed by atoms with Crippen LogP contribution in [0.5, 0.6) is 0 Å². The highest BCUT2D eigenvalue weighted by molar-refractivity contribution is 5.90. The lowest BCUT2D eigenvalue weighted by molar-refractivity contribution is 0.0471. The first-order valence-corrected chi connectivity index (χ1v) is 5.80. The van der Waals surface area contributed by atoms with Crippen LogP contribution in [0.3, 0.4) is 0 Å². The summed E-state index contributed by atoms with van der Waals surface area (Å²) in [6.45, 7) is 4.13. The zero-order valence-corrected chi connectivity index (χ0v) is 10.8. The van der Waals surface area contributed by atoms with Gasteiger partial charge in [-0.2, -0.15) is 5.10 Å². The van der Waals surface area contributed by atoms with Gasteiger partial charge in [-0.05, 0) is 25.0 Å². The summed E-state index contributed by atoms with van der Waals surface area (Å²) < 4.78 is 6.95. The van der Waals surface area contributed by atoms with Gasteiger partial charge in [-0.25, -0.2) is 4.79 Å². The molecule has 0 spiro atoms. The molecule has 0 amide bonds. The number of esters is 1. The van der Waals surface area contributed by atoms with E-state index in [0.29, 0.717) is 12.2 Å². The Labute approximate surface area is 106 Å². The maximum absolute atomic E-state index is 11.9. The van der Waals surface area contributed by atoms with Crippen LogP contribution >= 0.6 is 0 Å². The first-order chi connectivity index (χ1) is 8.59. The third kappa shape index (κ3) is 2.42. The molecule has 0 bridgehead atoms. The Kier molecular flexibility index (Phi) is 3.46. The highest BCUT2D eigenvalue weighted by Crippen LogP contribution is 2.12. The average molecular weight is 244 g/mol. The van der Waals surface area contributed by atoms with Crippen molar-refractivity contribution in [2.24, 2.45) is 7.05 Å².